The van der Waals surface area contributed by atoms with Crippen LogP contribution in [-0.2, 0) is 10.0 Å². The fourth-order valence-electron chi connectivity index (χ4n) is 2.22. The third-order valence-corrected chi connectivity index (χ3v) is 6.25. The van der Waals surface area contributed by atoms with Crippen molar-refractivity contribution in [2.45, 2.75) is 4.90 Å². The average Bonchev–Trinajstić information content (AvgIpc) is 2.80. The molecule has 1 heterocycles. The highest BCUT2D eigenvalue weighted by Crippen LogP contribution is 2.30. The van der Waals surface area contributed by atoms with E-state index in [9.17, 15) is 13.7 Å². The molecule has 0 saturated heterocycles. The highest BCUT2D eigenvalue weighted by Gasteiger charge is 2.25. The van der Waals surface area contributed by atoms with Gasteiger partial charge in [0.15, 0.2) is 0 Å². The Bertz CT molecular complexity index is 970. The lowest BCUT2D eigenvalue weighted by Crippen LogP contribution is -2.14. The maximum absolute atomic E-state index is 12.8. The Hall–Kier alpha value is -1.85. The molecule has 21 heavy (non-hydrogen) atoms. The summed E-state index contributed by atoms with van der Waals surface area (Å²) in [5.41, 5.74) is 0.896. The highest BCUT2D eigenvalue weighted by molar-refractivity contribution is 14.1. The summed E-state index contributed by atoms with van der Waals surface area (Å²) < 4.78 is 27.3. The first kappa shape index (κ1) is 14.1. The minimum Gasteiger partial charge on any atom is -0.227 e. The quantitative estimate of drug-likeness (QED) is 0.611. The lowest BCUT2D eigenvalue weighted by atomic mass is 10.2. The van der Waals surface area contributed by atoms with Crippen LogP contribution in [0, 0.1) is 15.0 Å². The second-order valence-corrected chi connectivity index (χ2v) is 7.19. The zero-order valence-electron chi connectivity index (χ0n) is 10.7. The maximum atomic E-state index is 12.8. The van der Waals surface area contributed by atoms with Crippen LogP contribution in [-0.4, -0.2) is 12.4 Å². The van der Waals surface area contributed by atoms with Gasteiger partial charge in [-0.25, -0.2) is 12.4 Å². The second kappa shape index (κ2) is 5.16. The van der Waals surface area contributed by atoms with E-state index in [1.54, 1.807) is 54.6 Å². The Morgan fingerprint density at radius 1 is 1.00 bits per heavy atom. The van der Waals surface area contributed by atoms with Gasteiger partial charge in [0.05, 0.1) is 16.0 Å². The predicted molar refractivity (Wildman–Crippen MR) is 88.4 cm³/mol. The van der Waals surface area contributed by atoms with Crippen LogP contribution in [0.5, 0.6) is 0 Å². The maximum Gasteiger partial charge on any atom is 0.269 e. The number of para-hydroxylation sites is 1. The fourth-order valence-corrected chi connectivity index (χ4v) is 5.10. The van der Waals surface area contributed by atoms with E-state index in [2.05, 4.69) is 6.07 Å². The molecule has 0 unspecified atom stereocenters. The number of fused-ring (bicyclic) bond motifs is 1. The number of nitriles is 1. The summed E-state index contributed by atoms with van der Waals surface area (Å²) in [5.74, 6) is 0. The Labute approximate surface area is 135 Å². The Morgan fingerprint density at radius 3 is 2.29 bits per heavy atom. The van der Waals surface area contributed by atoms with Crippen molar-refractivity contribution in [3.05, 3.63) is 63.9 Å². The minimum absolute atomic E-state index is 0.202. The van der Waals surface area contributed by atoms with Crippen molar-refractivity contribution in [3.8, 4) is 6.07 Å². The summed E-state index contributed by atoms with van der Waals surface area (Å²) in [6.07, 6.45) is 0. The van der Waals surface area contributed by atoms with Crippen LogP contribution in [0.3, 0.4) is 0 Å². The summed E-state index contributed by atoms with van der Waals surface area (Å²) in [7, 11) is -3.73. The number of nitrogens with zero attached hydrogens (tertiary/aromatic N) is 2. The van der Waals surface area contributed by atoms with Gasteiger partial charge in [-0.2, -0.15) is 5.26 Å². The fraction of sp³-hybridized carbons (Fsp3) is 0. The van der Waals surface area contributed by atoms with Gasteiger partial charge in [-0.1, -0.05) is 36.4 Å². The van der Waals surface area contributed by atoms with Gasteiger partial charge in [0.2, 0.25) is 0 Å². The minimum atomic E-state index is -3.73. The largest absolute Gasteiger partial charge is 0.269 e. The first-order valence-corrected chi connectivity index (χ1v) is 8.59. The van der Waals surface area contributed by atoms with Crippen LogP contribution in [0.2, 0.25) is 0 Å². The SMILES string of the molecule is N#Cc1c(I)n(S(=O)(=O)c2ccccc2)c2ccccc12. The summed E-state index contributed by atoms with van der Waals surface area (Å²) >= 11 is 1.91. The van der Waals surface area contributed by atoms with Crippen molar-refractivity contribution in [3.63, 3.8) is 0 Å². The molecule has 0 atom stereocenters. The van der Waals surface area contributed by atoms with Gasteiger partial charge in [-0.05, 0) is 40.8 Å². The number of rotatable bonds is 2. The molecule has 4 nitrogen and oxygen atoms in total. The molecule has 0 aliphatic carbocycles. The van der Waals surface area contributed by atoms with Crippen LogP contribution in [0.1, 0.15) is 5.56 Å². The number of benzene rings is 2. The molecule has 0 spiro atoms. The van der Waals surface area contributed by atoms with Gasteiger partial charge in [-0.3, -0.25) is 0 Å². The van der Waals surface area contributed by atoms with E-state index in [-0.39, 0.29) is 4.90 Å². The molecule has 0 N–H and O–H groups in total. The van der Waals surface area contributed by atoms with Crippen molar-refractivity contribution in [2.24, 2.45) is 0 Å². The van der Waals surface area contributed by atoms with E-state index in [0.29, 0.717) is 20.2 Å². The Kier molecular flexibility index (Phi) is 3.47. The molecule has 104 valence electrons. The monoisotopic (exact) mass is 408 g/mol. The molecule has 0 amide bonds. The average molecular weight is 408 g/mol. The summed E-state index contributed by atoms with van der Waals surface area (Å²) in [6.45, 7) is 0. The number of halogens is 1. The zero-order chi connectivity index (χ0) is 15.0. The Morgan fingerprint density at radius 2 is 1.62 bits per heavy atom. The van der Waals surface area contributed by atoms with Gasteiger partial charge < -0.3 is 0 Å². The molecule has 3 aromatic rings. The van der Waals surface area contributed by atoms with Gasteiger partial charge in [0, 0.05) is 5.39 Å². The van der Waals surface area contributed by atoms with Crippen LogP contribution in [0.15, 0.2) is 59.5 Å². The smallest absolute Gasteiger partial charge is 0.227 e. The molecule has 2 aromatic carbocycles. The number of hydrogen-bond acceptors (Lipinski definition) is 3. The van der Waals surface area contributed by atoms with E-state index in [0.717, 1.165) is 0 Å². The van der Waals surface area contributed by atoms with E-state index in [1.807, 2.05) is 22.6 Å². The summed E-state index contributed by atoms with van der Waals surface area (Å²) in [4.78, 5) is 0.202. The topological polar surface area (TPSA) is 62.9 Å². The molecular weight excluding hydrogens is 399 g/mol. The first-order valence-electron chi connectivity index (χ1n) is 6.07. The molecule has 1 aromatic heterocycles. The standard InChI is InChI=1S/C15H9IN2O2S/c16-15-13(10-17)12-8-4-5-9-14(12)18(15)21(19,20)11-6-2-1-3-7-11/h1-9H. The van der Waals surface area contributed by atoms with Crippen molar-refractivity contribution in [1.82, 2.24) is 3.97 Å². The zero-order valence-corrected chi connectivity index (χ0v) is 13.7. The predicted octanol–water partition coefficient (Wildman–Crippen LogP) is 3.35. The molecule has 3 rings (SSSR count). The number of hydrogen-bond donors (Lipinski definition) is 0. The normalized spacial score (nSPS) is 11.4. The molecule has 0 radical (unpaired) electrons. The van der Waals surface area contributed by atoms with E-state index < -0.39 is 10.0 Å². The van der Waals surface area contributed by atoms with Crippen LogP contribution in [0.25, 0.3) is 10.9 Å². The number of aromatic nitrogens is 1. The third kappa shape index (κ3) is 2.13. The van der Waals surface area contributed by atoms with Gasteiger partial charge in [0.25, 0.3) is 10.0 Å². The van der Waals surface area contributed by atoms with E-state index >= 15 is 0 Å². The molecule has 0 saturated carbocycles. The van der Waals surface area contributed by atoms with E-state index in [1.165, 1.54) is 3.97 Å². The van der Waals surface area contributed by atoms with Crippen molar-refractivity contribution in [2.75, 3.05) is 0 Å². The van der Waals surface area contributed by atoms with Gasteiger partial charge >= 0.3 is 0 Å². The molecule has 0 aliphatic heterocycles. The van der Waals surface area contributed by atoms with Crippen molar-refractivity contribution in [1.29, 1.82) is 5.26 Å². The van der Waals surface area contributed by atoms with E-state index in [4.69, 9.17) is 0 Å². The van der Waals surface area contributed by atoms with Crippen LogP contribution < -0.4 is 0 Å². The lowest BCUT2D eigenvalue weighted by molar-refractivity contribution is 0.588. The van der Waals surface area contributed by atoms with Gasteiger partial charge in [-0.15, -0.1) is 0 Å². The van der Waals surface area contributed by atoms with Crippen molar-refractivity contribution < 1.29 is 8.42 Å². The molecule has 0 fully saturated rings. The molecular formula is C15H9IN2O2S. The molecule has 0 aliphatic rings. The first-order chi connectivity index (χ1) is 10.1. The second-order valence-electron chi connectivity index (χ2n) is 4.38. The third-order valence-electron chi connectivity index (χ3n) is 3.17. The molecule has 0 bridgehead atoms. The van der Waals surface area contributed by atoms with Crippen LogP contribution >= 0.6 is 22.6 Å². The lowest BCUT2D eigenvalue weighted by Gasteiger charge is -2.08. The highest BCUT2D eigenvalue weighted by atomic mass is 127. The molecule has 6 heteroatoms. The summed E-state index contributed by atoms with van der Waals surface area (Å²) in [5, 5.41) is 9.95. The van der Waals surface area contributed by atoms with Crippen LogP contribution in [0.4, 0.5) is 0 Å². The van der Waals surface area contributed by atoms with Crippen molar-refractivity contribution >= 4 is 43.5 Å². The summed E-state index contributed by atoms with van der Waals surface area (Å²) in [6, 6.07) is 17.3. The van der Waals surface area contributed by atoms with Gasteiger partial charge in [0.1, 0.15) is 9.77 Å². The Balaban J connectivity index is 2.42.